The highest BCUT2D eigenvalue weighted by molar-refractivity contribution is 7.22. The second-order valence-corrected chi connectivity index (χ2v) is 7.35. The van der Waals surface area contributed by atoms with Crippen LogP contribution < -0.4 is 9.64 Å². The lowest BCUT2D eigenvalue weighted by molar-refractivity contribution is -0.133. The molecule has 146 valence electrons. The Morgan fingerprint density at radius 2 is 1.75 bits per heavy atom. The highest BCUT2D eigenvalue weighted by atomic mass is 32.1. The van der Waals surface area contributed by atoms with Crippen LogP contribution in [0.1, 0.15) is 0 Å². The Balaban J connectivity index is 1.34. The molecule has 1 aliphatic heterocycles. The van der Waals surface area contributed by atoms with Crippen molar-refractivity contribution in [3.8, 4) is 5.75 Å². The number of carbonyl (C=O) groups is 1. The Hall–Kier alpha value is -2.81. The monoisotopic (exact) mass is 407 g/mol. The lowest BCUT2D eigenvalue weighted by Gasteiger charge is -2.34. The third-order valence-corrected chi connectivity index (χ3v) is 5.54. The summed E-state index contributed by atoms with van der Waals surface area (Å²) in [6, 6.07) is 7.57. The van der Waals surface area contributed by atoms with E-state index in [0.717, 1.165) is 6.07 Å². The molecular weight excluding hydrogens is 391 g/mol. The summed E-state index contributed by atoms with van der Waals surface area (Å²) in [5, 5.41) is 0.606. The minimum absolute atomic E-state index is 0.128. The van der Waals surface area contributed by atoms with Gasteiger partial charge in [-0.1, -0.05) is 11.3 Å². The maximum absolute atomic E-state index is 13.8. The van der Waals surface area contributed by atoms with Crippen molar-refractivity contribution < 1.29 is 22.7 Å². The van der Waals surface area contributed by atoms with E-state index in [0.29, 0.717) is 41.8 Å². The van der Waals surface area contributed by atoms with Gasteiger partial charge in [0.2, 0.25) is 0 Å². The van der Waals surface area contributed by atoms with E-state index in [4.69, 9.17) is 4.74 Å². The summed E-state index contributed by atoms with van der Waals surface area (Å²) < 4.78 is 45.9. The molecule has 4 rings (SSSR count). The molecule has 28 heavy (non-hydrogen) atoms. The summed E-state index contributed by atoms with van der Waals surface area (Å²) in [5.74, 6) is -1.41. The largest absolute Gasteiger partial charge is 0.484 e. The quantitative estimate of drug-likeness (QED) is 0.665. The highest BCUT2D eigenvalue weighted by Gasteiger charge is 2.24. The Bertz CT molecular complexity index is 1000. The van der Waals surface area contributed by atoms with Gasteiger partial charge in [0.25, 0.3) is 5.91 Å². The van der Waals surface area contributed by atoms with Crippen LogP contribution in [-0.2, 0) is 4.79 Å². The van der Waals surface area contributed by atoms with Gasteiger partial charge in [-0.25, -0.2) is 18.2 Å². The summed E-state index contributed by atoms with van der Waals surface area (Å²) in [4.78, 5) is 20.2. The number of ether oxygens (including phenoxy) is 1. The predicted octanol–water partition coefficient (Wildman–Crippen LogP) is 3.44. The van der Waals surface area contributed by atoms with Crippen LogP contribution in [0.25, 0.3) is 10.2 Å². The van der Waals surface area contributed by atoms with Crippen molar-refractivity contribution in [2.24, 2.45) is 0 Å². The van der Waals surface area contributed by atoms with Crippen molar-refractivity contribution in [2.45, 2.75) is 0 Å². The SMILES string of the molecule is O=C(COc1ccc(F)cc1)N1CCN(c2nc3c(F)cc(F)cc3s2)CC1. The van der Waals surface area contributed by atoms with Crippen LogP contribution in [0.5, 0.6) is 5.75 Å². The number of benzene rings is 2. The fourth-order valence-electron chi connectivity index (χ4n) is 3.00. The molecule has 0 radical (unpaired) electrons. The zero-order valence-corrected chi connectivity index (χ0v) is 15.5. The van der Waals surface area contributed by atoms with Crippen molar-refractivity contribution >= 4 is 32.6 Å². The number of nitrogens with zero attached hydrogens (tertiary/aromatic N) is 3. The number of halogens is 3. The number of rotatable bonds is 4. The van der Waals surface area contributed by atoms with E-state index in [9.17, 15) is 18.0 Å². The first-order chi connectivity index (χ1) is 13.5. The molecule has 0 unspecified atom stereocenters. The first kappa shape index (κ1) is 18.5. The van der Waals surface area contributed by atoms with Crippen molar-refractivity contribution in [3.05, 3.63) is 53.8 Å². The summed E-state index contributed by atoms with van der Waals surface area (Å²) in [6.45, 7) is 1.88. The number of aromatic nitrogens is 1. The number of anilines is 1. The Morgan fingerprint density at radius 1 is 1.04 bits per heavy atom. The number of fused-ring (bicyclic) bond motifs is 1. The van der Waals surface area contributed by atoms with E-state index in [-0.39, 0.29) is 23.8 Å². The molecule has 2 heterocycles. The van der Waals surface area contributed by atoms with E-state index in [1.54, 1.807) is 4.90 Å². The summed E-state index contributed by atoms with van der Waals surface area (Å²) in [5.41, 5.74) is 0.160. The van der Waals surface area contributed by atoms with Gasteiger partial charge in [-0.05, 0) is 30.3 Å². The van der Waals surface area contributed by atoms with Crippen LogP contribution in [0.3, 0.4) is 0 Å². The molecule has 1 saturated heterocycles. The van der Waals surface area contributed by atoms with Crippen molar-refractivity contribution in [1.29, 1.82) is 0 Å². The molecule has 1 aromatic heterocycles. The Labute approximate surface area is 163 Å². The molecule has 1 fully saturated rings. The van der Waals surface area contributed by atoms with E-state index < -0.39 is 11.6 Å². The number of carbonyl (C=O) groups excluding carboxylic acids is 1. The average Bonchev–Trinajstić information content (AvgIpc) is 3.12. The topological polar surface area (TPSA) is 45.7 Å². The minimum atomic E-state index is -0.677. The fourth-order valence-corrected chi connectivity index (χ4v) is 4.05. The first-order valence-electron chi connectivity index (χ1n) is 8.66. The predicted molar refractivity (Wildman–Crippen MR) is 100 cm³/mol. The molecule has 0 N–H and O–H groups in total. The van der Waals surface area contributed by atoms with Gasteiger partial charge in [-0.15, -0.1) is 0 Å². The lowest BCUT2D eigenvalue weighted by atomic mass is 10.3. The van der Waals surface area contributed by atoms with Crippen LogP contribution in [0.15, 0.2) is 36.4 Å². The smallest absolute Gasteiger partial charge is 0.260 e. The Morgan fingerprint density at radius 3 is 2.46 bits per heavy atom. The number of hydrogen-bond donors (Lipinski definition) is 0. The minimum Gasteiger partial charge on any atom is -0.484 e. The van der Waals surface area contributed by atoms with Gasteiger partial charge in [-0.3, -0.25) is 4.79 Å². The van der Waals surface area contributed by atoms with Gasteiger partial charge in [-0.2, -0.15) is 0 Å². The molecule has 0 saturated carbocycles. The number of hydrogen-bond acceptors (Lipinski definition) is 5. The van der Waals surface area contributed by atoms with E-state index >= 15 is 0 Å². The molecule has 0 spiro atoms. The van der Waals surface area contributed by atoms with Crippen LogP contribution in [0.2, 0.25) is 0 Å². The van der Waals surface area contributed by atoms with Crippen LogP contribution in [0, 0.1) is 17.5 Å². The standard InChI is InChI=1S/C19H16F3N3O2S/c20-12-1-3-14(4-2-12)27-11-17(26)24-5-7-25(8-6-24)19-23-18-15(22)9-13(21)10-16(18)28-19/h1-4,9-10H,5-8,11H2. The van der Waals surface area contributed by atoms with Crippen molar-refractivity contribution in [2.75, 3.05) is 37.7 Å². The second kappa shape index (κ2) is 7.67. The maximum Gasteiger partial charge on any atom is 0.260 e. The maximum atomic E-state index is 13.8. The zero-order valence-electron chi connectivity index (χ0n) is 14.7. The second-order valence-electron chi connectivity index (χ2n) is 6.34. The van der Waals surface area contributed by atoms with Gasteiger partial charge in [0.05, 0.1) is 4.70 Å². The van der Waals surface area contributed by atoms with E-state index in [2.05, 4.69) is 4.98 Å². The van der Waals surface area contributed by atoms with Gasteiger partial charge < -0.3 is 14.5 Å². The molecular formula is C19H16F3N3O2S. The number of piperazine rings is 1. The third kappa shape index (κ3) is 3.89. The molecule has 9 heteroatoms. The number of thiazole rings is 1. The van der Waals surface area contributed by atoms with Crippen LogP contribution in [0.4, 0.5) is 18.3 Å². The molecule has 1 aliphatic rings. The number of amides is 1. The third-order valence-electron chi connectivity index (χ3n) is 4.48. The van der Waals surface area contributed by atoms with E-state index in [1.807, 2.05) is 4.90 Å². The molecule has 5 nitrogen and oxygen atoms in total. The van der Waals surface area contributed by atoms with Crippen LogP contribution in [-0.4, -0.2) is 48.6 Å². The van der Waals surface area contributed by atoms with E-state index in [1.165, 1.54) is 41.7 Å². The summed E-state index contributed by atoms with van der Waals surface area (Å²) in [7, 11) is 0. The van der Waals surface area contributed by atoms with Gasteiger partial charge in [0, 0.05) is 32.2 Å². The molecule has 3 aromatic rings. The first-order valence-corrected chi connectivity index (χ1v) is 9.48. The fraction of sp³-hybridized carbons (Fsp3) is 0.263. The lowest BCUT2D eigenvalue weighted by Crippen LogP contribution is -2.50. The Kier molecular flexibility index (Phi) is 5.08. The van der Waals surface area contributed by atoms with Gasteiger partial charge in [0.15, 0.2) is 17.6 Å². The normalized spacial score (nSPS) is 14.5. The molecule has 0 bridgehead atoms. The molecule has 1 amide bonds. The van der Waals surface area contributed by atoms with Gasteiger partial charge in [0.1, 0.15) is 22.9 Å². The summed E-state index contributed by atoms with van der Waals surface area (Å²) >= 11 is 1.23. The molecule has 0 atom stereocenters. The molecule has 2 aromatic carbocycles. The van der Waals surface area contributed by atoms with Crippen LogP contribution >= 0.6 is 11.3 Å². The molecule has 0 aliphatic carbocycles. The summed E-state index contributed by atoms with van der Waals surface area (Å²) in [6.07, 6.45) is 0. The highest BCUT2D eigenvalue weighted by Crippen LogP contribution is 2.31. The van der Waals surface area contributed by atoms with Crippen molar-refractivity contribution in [3.63, 3.8) is 0 Å². The van der Waals surface area contributed by atoms with Gasteiger partial charge >= 0.3 is 0 Å². The van der Waals surface area contributed by atoms with Crippen molar-refractivity contribution in [1.82, 2.24) is 9.88 Å². The zero-order chi connectivity index (χ0) is 19.7. The average molecular weight is 407 g/mol.